The van der Waals surface area contributed by atoms with E-state index >= 15 is 0 Å². The fourth-order valence-electron chi connectivity index (χ4n) is 1.62. The summed E-state index contributed by atoms with van der Waals surface area (Å²) in [6.07, 6.45) is 1.17. The lowest BCUT2D eigenvalue weighted by molar-refractivity contribution is 0.0980. The van der Waals surface area contributed by atoms with Gasteiger partial charge in [0.15, 0.2) is 11.6 Å². The number of ketones is 2. The number of alkyl halides is 1. The quantitative estimate of drug-likeness (QED) is 0.608. The number of allylic oxidation sites excluding steroid dienone is 2. The van der Waals surface area contributed by atoms with Crippen molar-refractivity contribution in [3.8, 4) is 11.5 Å². The normalized spacial score (nSPS) is 14.7. The fraction of sp³-hybridized carbons (Fsp3) is 0.0909. The number of fused-ring (bicyclic) bond motifs is 1. The lowest BCUT2D eigenvalue weighted by atomic mass is 9.89. The van der Waals surface area contributed by atoms with E-state index in [2.05, 4.69) is 15.9 Å². The number of hydrogen-bond acceptors (Lipinski definition) is 4. The van der Waals surface area contributed by atoms with Crippen LogP contribution in [0.4, 0.5) is 0 Å². The van der Waals surface area contributed by atoms with Gasteiger partial charge in [0.1, 0.15) is 11.5 Å². The zero-order valence-corrected chi connectivity index (χ0v) is 9.61. The number of phenolic OH excluding ortho intramolecular Hbond substituents is 2. The first-order valence-electron chi connectivity index (χ1n) is 4.46. The maximum atomic E-state index is 11.8. The molecule has 2 rings (SSSR count). The van der Waals surface area contributed by atoms with Gasteiger partial charge < -0.3 is 10.2 Å². The summed E-state index contributed by atoms with van der Waals surface area (Å²) in [6, 6.07) is 2.38. The molecule has 0 aliphatic heterocycles. The first kappa shape index (κ1) is 10.9. The largest absolute Gasteiger partial charge is 0.507 e. The van der Waals surface area contributed by atoms with Crippen LogP contribution < -0.4 is 0 Å². The van der Waals surface area contributed by atoms with Crippen molar-refractivity contribution in [1.29, 1.82) is 0 Å². The molecule has 16 heavy (non-hydrogen) atoms. The highest BCUT2D eigenvalue weighted by Crippen LogP contribution is 2.34. The van der Waals surface area contributed by atoms with Gasteiger partial charge in [-0.1, -0.05) is 15.9 Å². The Balaban J connectivity index is 2.75. The van der Waals surface area contributed by atoms with Gasteiger partial charge >= 0.3 is 0 Å². The number of halogens is 1. The Kier molecular flexibility index (Phi) is 2.55. The zero-order valence-electron chi connectivity index (χ0n) is 8.03. The summed E-state index contributed by atoms with van der Waals surface area (Å²) in [5.74, 6) is -1.51. The number of carbonyl (C=O) groups excluding carboxylic acids is 2. The van der Waals surface area contributed by atoms with Crippen molar-refractivity contribution in [2.45, 2.75) is 0 Å². The number of Topliss-reactive ketones (excluding diaryl/α,β-unsaturated/α-hetero) is 1. The molecule has 0 radical (unpaired) electrons. The van der Waals surface area contributed by atoms with Crippen molar-refractivity contribution in [2.75, 3.05) is 5.33 Å². The number of phenols is 2. The summed E-state index contributed by atoms with van der Waals surface area (Å²) in [5, 5.41) is 19.3. The summed E-state index contributed by atoms with van der Waals surface area (Å²) in [7, 11) is 0. The summed E-state index contributed by atoms with van der Waals surface area (Å²) in [6.45, 7) is 0. The minimum atomic E-state index is -0.475. The average Bonchev–Trinajstić information content (AvgIpc) is 2.26. The molecule has 1 aromatic carbocycles. The second-order valence-corrected chi connectivity index (χ2v) is 3.91. The average molecular weight is 283 g/mol. The molecule has 1 aliphatic rings. The van der Waals surface area contributed by atoms with Gasteiger partial charge in [0, 0.05) is 10.9 Å². The molecule has 5 heteroatoms. The van der Waals surface area contributed by atoms with Crippen LogP contribution in [0.25, 0.3) is 0 Å². The first-order chi connectivity index (χ1) is 7.56. The highest BCUT2D eigenvalue weighted by atomic mass is 79.9. The Morgan fingerprint density at radius 2 is 1.62 bits per heavy atom. The van der Waals surface area contributed by atoms with E-state index in [9.17, 15) is 19.8 Å². The number of aromatic hydroxyl groups is 2. The Morgan fingerprint density at radius 3 is 2.19 bits per heavy atom. The van der Waals surface area contributed by atoms with Gasteiger partial charge in [-0.05, 0) is 18.2 Å². The van der Waals surface area contributed by atoms with E-state index < -0.39 is 11.6 Å². The SMILES string of the molecule is O=C1C=C(CBr)C(=O)c2c(O)ccc(O)c21. The van der Waals surface area contributed by atoms with Crippen LogP contribution in [0.1, 0.15) is 20.7 Å². The van der Waals surface area contributed by atoms with E-state index in [-0.39, 0.29) is 33.5 Å². The van der Waals surface area contributed by atoms with Crippen molar-refractivity contribution in [3.63, 3.8) is 0 Å². The molecule has 0 spiro atoms. The second-order valence-electron chi connectivity index (χ2n) is 3.35. The van der Waals surface area contributed by atoms with Crippen molar-refractivity contribution in [2.24, 2.45) is 0 Å². The van der Waals surface area contributed by atoms with E-state index in [1.54, 1.807) is 0 Å². The van der Waals surface area contributed by atoms with Crippen molar-refractivity contribution in [3.05, 3.63) is 34.9 Å². The van der Waals surface area contributed by atoms with Crippen LogP contribution in [-0.2, 0) is 0 Å². The molecule has 0 aromatic heterocycles. The highest BCUT2D eigenvalue weighted by molar-refractivity contribution is 9.09. The number of benzene rings is 1. The monoisotopic (exact) mass is 282 g/mol. The molecular weight excluding hydrogens is 276 g/mol. The summed E-state index contributed by atoms with van der Waals surface area (Å²) >= 11 is 3.09. The molecule has 0 saturated heterocycles. The topological polar surface area (TPSA) is 74.6 Å². The first-order valence-corrected chi connectivity index (χ1v) is 5.59. The maximum absolute atomic E-state index is 11.8. The predicted octanol–water partition coefficient (Wildman–Crippen LogP) is 1.80. The van der Waals surface area contributed by atoms with E-state index in [1.807, 2.05) is 0 Å². The van der Waals surface area contributed by atoms with Gasteiger partial charge in [0.05, 0.1) is 11.1 Å². The van der Waals surface area contributed by atoms with Crippen LogP contribution in [0.5, 0.6) is 11.5 Å². The third-order valence-electron chi connectivity index (χ3n) is 2.38. The van der Waals surface area contributed by atoms with Crippen LogP contribution in [-0.4, -0.2) is 27.1 Å². The molecule has 0 heterocycles. The lowest BCUT2D eigenvalue weighted by Crippen LogP contribution is -2.18. The molecule has 1 aromatic rings. The van der Waals surface area contributed by atoms with Gasteiger partial charge in [-0.15, -0.1) is 0 Å². The van der Waals surface area contributed by atoms with Crippen molar-refractivity contribution in [1.82, 2.24) is 0 Å². The molecule has 82 valence electrons. The van der Waals surface area contributed by atoms with Gasteiger partial charge in [0.25, 0.3) is 0 Å². The standard InChI is InChI=1S/C11H7BrO4/c12-4-5-3-8(15)9-6(13)1-2-7(14)10(9)11(5)16/h1-3,13-14H,4H2. The summed E-state index contributed by atoms with van der Waals surface area (Å²) in [5.41, 5.74) is 0.00931. The van der Waals surface area contributed by atoms with Gasteiger partial charge in [-0.3, -0.25) is 9.59 Å². The Hall–Kier alpha value is -1.62. The van der Waals surface area contributed by atoms with E-state index in [0.717, 1.165) is 0 Å². The fourth-order valence-corrected chi connectivity index (χ4v) is 2.03. The van der Waals surface area contributed by atoms with E-state index in [1.165, 1.54) is 18.2 Å². The van der Waals surface area contributed by atoms with Crippen molar-refractivity contribution < 1.29 is 19.8 Å². The van der Waals surface area contributed by atoms with Gasteiger partial charge in [-0.25, -0.2) is 0 Å². The highest BCUT2D eigenvalue weighted by Gasteiger charge is 2.30. The predicted molar refractivity (Wildman–Crippen MR) is 60.3 cm³/mol. The lowest BCUT2D eigenvalue weighted by Gasteiger charge is -2.15. The minimum absolute atomic E-state index is 0.123. The molecule has 0 amide bonds. The molecule has 0 saturated carbocycles. The van der Waals surface area contributed by atoms with E-state index in [4.69, 9.17) is 0 Å². The van der Waals surface area contributed by atoms with Gasteiger partial charge in [-0.2, -0.15) is 0 Å². The number of hydrogen-bond donors (Lipinski definition) is 2. The molecule has 2 N–H and O–H groups in total. The third-order valence-corrected chi connectivity index (χ3v) is 2.98. The maximum Gasteiger partial charge on any atom is 0.194 e. The molecule has 0 bridgehead atoms. The van der Waals surface area contributed by atoms with Crippen LogP contribution in [0.3, 0.4) is 0 Å². The van der Waals surface area contributed by atoms with E-state index in [0.29, 0.717) is 0 Å². The minimum Gasteiger partial charge on any atom is -0.507 e. The molecule has 0 fully saturated rings. The second kappa shape index (κ2) is 3.75. The third kappa shape index (κ3) is 1.44. The van der Waals surface area contributed by atoms with Gasteiger partial charge in [0.2, 0.25) is 0 Å². The molecule has 0 atom stereocenters. The van der Waals surface area contributed by atoms with Crippen LogP contribution >= 0.6 is 15.9 Å². The Morgan fingerprint density at radius 1 is 1.06 bits per heavy atom. The molecule has 4 nitrogen and oxygen atoms in total. The van der Waals surface area contributed by atoms with Crippen LogP contribution in [0, 0.1) is 0 Å². The van der Waals surface area contributed by atoms with Crippen LogP contribution in [0.15, 0.2) is 23.8 Å². The molecular formula is C11H7BrO4. The summed E-state index contributed by atoms with van der Waals surface area (Å²) < 4.78 is 0. The summed E-state index contributed by atoms with van der Waals surface area (Å²) in [4.78, 5) is 23.5. The number of carbonyl (C=O) groups is 2. The van der Waals surface area contributed by atoms with Crippen LogP contribution in [0.2, 0.25) is 0 Å². The zero-order chi connectivity index (χ0) is 11.9. The Labute approximate surface area is 99.3 Å². The van der Waals surface area contributed by atoms with Crippen molar-refractivity contribution >= 4 is 27.5 Å². The number of rotatable bonds is 1. The molecule has 1 aliphatic carbocycles. The molecule has 0 unspecified atom stereocenters. The smallest absolute Gasteiger partial charge is 0.194 e. The Bertz CT molecular complexity index is 531.